The first-order valence-corrected chi connectivity index (χ1v) is 33.4. The van der Waals surface area contributed by atoms with Crippen molar-refractivity contribution in [3.05, 3.63) is 200 Å². The van der Waals surface area contributed by atoms with Crippen molar-refractivity contribution >= 4 is 17.5 Å². The Morgan fingerprint density at radius 3 is 0.943 bits per heavy atom. The summed E-state index contributed by atoms with van der Waals surface area (Å²) in [5, 5.41) is 0. The lowest BCUT2D eigenvalue weighted by molar-refractivity contribution is -0.143. The van der Waals surface area contributed by atoms with Gasteiger partial charge in [-0.25, -0.2) is 0 Å². The van der Waals surface area contributed by atoms with Gasteiger partial charge in [0, 0.05) is 17.6 Å². The van der Waals surface area contributed by atoms with Crippen LogP contribution in [0, 0.1) is 0 Å². The fourth-order valence-electron chi connectivity index (χ4n) is 9.56. The molecule has 0 N–H and O–H groups in total. The van der Waals surface area contributed by atoms with E-state index in [0.717, 1.165) is 141 Å². The predicted molar refractivity (Wildman–Crippen MR) is 380 cm³/mol. The van der Waals surface area contributed by atoms with Crippen molar-refractivity contribution in [1.82, 2.24) is 0 Å². The van der Waals surface area contributed by atoms with Crippen LogP contribution < -0.4 is 0 Å². The summed E-state index contributed by atoms with van der Waals surface area (Å²) in [4.78, 5) is 36.7. The van der Waals surface area contributed by atoms with Crippen LogP contribution in [0.5, 0.6) is 0 Å². The Morgan fingerprint density at radius 2 is 0.644 bits per heavy atom. The largest absolute Gasteiger partial charge is 0.489 e. The highest BCUT2D eigenvalue weighted by atomic mass is 16.5. The van der Waals surface area contributed by atoms with E-state index in [2.05, 4.69) is 205 Å². The summed E-state index contributed by atoms with van der Waals surface area (Å²) in [7, 11) is 2.78. The van der Waals surface area contributed by atoms with Crippen LogP contribution in [0.4, 0.5) is 0 Å². The van der Waals surface area contributed by atoms with E-state index in [-0.39, 0.29) is 29.1 Å². The van der Waals surface area contributed by atoms with Crippen LogP contribution in [-0.2, 0) is 28.6 Å². The van der Waals surface area contributed by atoms with Gasteiger partial charge < -0.3 is 14.2 Å². The van der Waals surface area contributed by atoms with Gasteiger partial charge in [-0.1, -0.05) is 184 Å². The lowest BCUT2D eigenvalue weighted by Gasteiger charge is -2.19. The Balaban J connectivity index is 0.00000257. The van der Waals surface area contributed by atoms with E-state index in [1.807, 2.05) is 6.92 Å². The van der Waals surface area contributed by atoms with Crippen molar-refractivity contribution in [1.29, 1.82) is 0 Å². The summed E-state index contributed by atoms with van der Waals surface area (Å²) >= 11 is 0. The van der Waals surface area contributed by atoms with Crippen LogP contribution in [-0.4, -0.2) is 38.4 Å². The summed E-state index contributed by atoms with van der Waals surface area (Å²) < 4.78 is 15.2. The third kappa shape index (κ3) is 45.9. The molecule has 0 spiro atoms. The van der Waals surface area contributed by atoms with Gasteiger partial charge in [0.1, 0.15) is 0 Å². The normalized spacial score (nSPS) is 15.0. The molecule has 0 amide bonds. The number of ketones is 2. The van der Waals surface area contributed by atoms with Crippen LogP contribution in [0.3, 0.4) is 0 Å². The Morgan fingerprint density at radius 1 is 0.356 bits per heavy atom. The molecule has 0 heterocycles. The molecule has 0 bridgehead atoms. The van der Waals surface area contributed by atoms with Crippen molar-refractivity contribution < 1.29 is 28.6 Å². The summed E-state index contributed by atoms with van der Waals surface area (Å²) in [6.45, 7) is 30.8. The monoisotopic (exact) mass is 1190 g/mol. The zero-order valence-corrected chi connectivity index (χ0v) is 58.3. The van der Waals surface area contributed by atoms with Crippen LogP contribution in [0.2, 0.25) is 0 Å². The molecule has 0 unspecified atom stereocenters. The predicted octanol–water partition coefficient (Wildman–Crippen LogP) is 24.3. The molecule has 87 heavy (non-hydrogen) atoms. The number of carbonyl (C=O) groups is 3. The van der Waals surface area contributed by atoms with Crippen LogP contribution in [0.15, 0.2) is 200 Å². The van der Waals surface area contributed by atoms with Crippen molar-refractivity contribution in [2.45, 2.75) is 270 Å². The summed E-state index contributed by atoms with van der Waals surface area (Å²) in [5.74, 6) is -0.664. The average Bonchev–Trinajstić information content (AvgIpc) is 2.47. The van der Waals surface area contributed by atoms with E-state index in [9.17, 15) is 14.4 Å². The molecule has 1 aliphatic carbocycles. The molecule has 0 aromatic rings. The fraction of sp³-hybridized carbons (Fsp3) is 0.543. The summed E-state index contributed by atoms with van der Waals surface area (Å²) in [6, 6.07) is 0. The van der Waals surface area contributed by atoms with Gasteiger partial charge in [-0.15, -0.1) is 0 Å². The molecule has 0 radical (unpaired) electrons. The molecule has 0 aromatic heterocycles. The van der Waals surface area contributed by atoms with Crippen molar-refractivity contribution in [2.75, 3.05) is 20.8 Å². The summed E-state index contributed by atoms with van der Waals surface area (Å²) in [6.07, 6.45) is 73.6. The number of hydrogen-bond acceptors (Lipinski definition) is 6. The second kappa shape index (κ2) is 54.2. The first-order chi connectivity index (χ1) is 41.8. The molecule has 0 aromatic carbocycles. The topological polar surface area (TPSA) is 78.9 Å². The maximum absolute atomic E-state index is 12.9. The molecule has 1 rings (SSSR count). The number of hydrogen-bond donors (Lipinski definition) is 0. The number of unbranched alkanes of at least 4 members (excludes halogenated alkanes) is 1. The van der Waals surface area contributed by atoms with E-state index >= 15 is 0 Å². The minimum absolute atomic E-state index is 0.00667. The van der Waals surface area contributed by atoms with Crippen LogP contribution >= 0.6 is 0 Å². The lowest BCUT2D eigenvalue weighted by atomic mass is 9.90. The molecule has 0 saturated carbocycles. The first kappa shape index (κ1) is 81.0. The van der Waals surface area contributed by atoms with E-state index in [1.165, 1.54) is 89.2 Å². The van der Waals surface area contributed by atoms with Crippen molar-refractivity contribution in [2.24, 2.45) is 0 Å². The van der Waals surface area contributed by atoms with E-state index in [0.29, 0.717) is 30.6 Å². The zero-order chi connectivity index (χ0) is 64.9. The van der Waals surface area contributed by atoms with Gasteiger partial charge in [-0.3, -0.25) is 14.4 Å². The standard InChI is InChI=1S/C59H90O4.C22H34O2/c1-44(2)24-15-25-45(3)26-16-27-46(4)28-17-29-47(5)30-18-31-48(6)32-19-33-49(7)34-20-35-50(8)36-21-37-51(9)38-22-39-52(10)40-23-41-53(11)42-43-55-54(12)56(60)58(62-13)59(63-14)57(55)61;1-3-5-6-7-8-9-10-11-12-13-14-15-16-17-18-19-20-21-22(23)24-4-2/h24,26,28,30,32,34,36,38,40,42H,15-23,25,27,29,31,33,35,37,39,41,43H2,1-14H3;5-6,8-9,11-12,14-15,17-18H,3-4,7,10,13,16,19-21H2,1-2H3/b45-26+,46-28+,47-30+,48-32-,49-34+,50-36+,51-38+,52-40+,53-42+;6-5-,9-8-,12-11-,15-14-,18-17-. The van der Waals surface area contributed by atoms with Gasteiger partial charge in [0.15, 0.2) is 0 Å². The van der Waals surface area contributed by atoms with Gasteiger partial charge in [0.05, 0.1) is 20.8 Å². The number of carbonyl (C=O) groups excluding carboxylic acids is 3. The molecule has 6 nitrogen and oxygen atoms in total. The van der Waals surface area contributed by atoms with Crippen molar-refractivity contribution in [3.8, 4) is 0 Å². The minimum atomic E-state index is -0.284. The Bertz CT molecular complexity index is 2550. The highest BCUT2D eigenvalue weighted by molar-refractivity contribution is 6.23. The fourth-order valence-corrected chi connectivity index (χ4v) is 9.56. The van der Waals surface area contributed by atoms with E-state index in [1.54, 1.807) is 6.92 Å². The zero-order valence-electron chi connectivity index (χ0n) is 58.3. The molecule has 0 atom stereocenters. The number of esters is 1. The van der Waals surface area contributed by atoms with E-state index < -0.39 is 0 Å². The molecule has 6 heteroatoms. The first-order valence-electron chi connectivity index (χ1n) is 33.4. The number of Topliss-reactive ketones (excluding diaryl/α,β-unsaturated/α-hetero) is 2. The van der Waals surface area contributed by atoms with Gasteiger partial charge in [-0.05, 0) is 257 Å². The second-order valence-electron chi connectivity index (χ2n) is 24.0. The van der Waals surface area contributed by atoms with Crippen LogP contribution in [0.1, 0.15) is 270 Å². The highest BCUT2D eigenvalue weighted by Crippen LogP contribution is 2.29. The van der Waals surface area contributed by atoms with Gasteiger partial charge in [-0.2, -0.15) is 0 Å². The van der Waals surface area contributed by atoms with Crippen molar-refractivity contribution in [3.63, 3.8) is 0 Å². The molecule has 0 fully saturated rings. The molecule has 0 saturated heterocycles. The Kier molecular flexibility index (Phi) is 50.4. The minimum Gasteiger partial charge on any atom is -0.489 e. The van der Waals surface area contributed by atoms with Gasteiger partial charge >= 0.3 is 5.97 Å². The third-order valence-electron chi connectivity index (χ3n) is 15.3. The smallest absolute Gasteiger partial charge is 0.305 e. The third-order valence-corrected chi connectivity index (χ3v) is 15.3. The quantitative estimate of drug-likeness (QED) is 0.0262. The van der Waals surface area contributed by atoms with Gasteiger partial charge in [0.25, 0.3) is 0 Å². The molecule has 484 valence electrons. The molecular formula is C81H124O6. The lowest BCUT2D eigenvalue weighted by Crippen LogP contribution is -2.24. The highest BCUT2D eigenvalue weighted by Gasteiger charge is 2.34. The van der Waals surface area contributed by atoms with Gasteiger partial charge in [0.2, 0.25) is 23.1 Å². The number of methoxy groups -OCH3 is 2. The molecule has 1 aliphatic rings. The average molecular weight is 1190 g/mol. The SMILES string of the molecule is CC/C=C\C/C=C\C/C=C\C/C=C\C/C=C\CCCC(=O)OCC.COC1=C(OC)C(=O)C(C/C=C(\C)CC/C=C(\C)CC/C=C(\C)CC/C=C(\C)CC/C=C(\C)CC/C=C(/C)CC/C=C(\C)CC/C=C(\C)CC/C=C(\C)CCC=C(C)C)=C(C)C1=O. The number of rotatable bonds is 45. The molecule has 0 aliphatic heterocycles. The van der Waals surface area contributed by atoms with Crippen LogP contribution in [0.25, 0.3) is 0 Å². The Labute approximate surface area is 534 Å². The number of ether oxygens (including phenoxy) is 3. The van der Waals surface area contributed by atoms with E-state index in [4.69, 9.17) is 14.2 Å². The second-order valence-corrected chi connectivity index (χ2v) is 24.0. The molecular weight excluding hydrogens is 1070 g/mol. The Hall–Kier alpha value is -6.01. The summed E-state index contributed by atoms with van der Waals surface area (Å²) in [5.41, 5.74) is 15.5. The maximum atomic E-state index is 12.9. The maximum Gasteiger partial charge on any atom is 0.305 e. The number of allylic oxidation sites excluding steroid dienone is 32.